The Hall–Kier alpha value is -4.96. The van der Waals surface area contributed by atoms with Gasteiger partial charge < -0.3 is 30.4 Å². The summed E-state index contributed by atoms with van der Waals surface area (Å²) in [5.74, 6) is -0.589. The lowest BCUT2D eigenvalue weighted by molar-refractivity contribution is -0.160. The molecule has 43 heavy (non-hydrogen) atoms. The number of hydrogen-bond donors (Lipinski definition) is 4. The summed E-state index contributed by atoms with van der Waals surface area (Å²) in [6, 6.07) is 21.5. The number of benzene rings is 3. The van der Waals surface area contributed by atoms with Gasteiger partial charge >= 0.3 is 0 Å². The number of aromatic amines is 1. The fraction of sp³-hybridized carbons (Fsp3) is 0.273. The van der Waals surface area contributed by atoms with Crippen LogP contribution >= 0.6 is 0 Å². The van der Waals surface area contributed by atoms with Crippen molar-refractivity contribution >= 4 is 17.7 Å². The van der Waals surface area contributed by atoms with Gasteiger partial charge in [0.25, 0.3) is 5.91 Å². The standard InChI is InChI=1S/C33H35N5O5/c1-22-8-6-7-11-27(22)33(42)19-38(20-33)32(41)29(16-23-12-14-26(43-2)15-13-23)37-31(40)28(17-25-18-34-21-35-25)36-30(39)24-9-4-3-5-10-24/h3-15,18,21,28-29,42H,16-17,19-20H2,1-2H3,(H,34,35)(H,36,39)(H,37,40)/t28-,29-/m0/s1. The zero-order valence-electron chi connectivity index (χ0n) is 24.1. The van der Waals surface area contributed by atoms with Crippen molar-refractivity contribution in [2.45, 2.75) is 37.5 Å². The fourth-order valence-corrected chi connectivity index (χ4v) is 5.35. The maximum Gasteiger partial charge on any atom is 0.251 e. The molecule has 10 nitrogen and oxygen atoms in total. The van der Waals surface area contributed by atoms with Gasteiger partial charge in [-0.15, -0.1) is 0 Å². The number of β-amino-alcohol motifs (C(OH)–C–C–N with tert-alkyl or cyclic N) is 1. The number of likely N-dealkylation sites (tertiary alicyclic amines) is 1. The third-order valence-electron chi connectivity index (χ3n) is 7.70. The van der Waals surface area contributed by atoms with E-state index in [1.165, 1.54) is 6.33 Å². The van der Waals surface area contributed by atoms with Crippen molar-refractivity contribution in [2.75, 3.05) is 20.2 Å². The first-order valence-corrected chi connectivity index (χ1v) is 14.1. The molecule has 10 heteroatoms. The third kappa shape index (κ3) is 6.92. The predicted octanol–water partition coefficient (Wildman–Crippen LogP) is 2.53. The van der Waals surface area contributed by atoms with E-state index in [9.17, 15) is 19.5 Å². The highest BCUT2D eigenvalue weighted by Crippen LogP contribution is 2.34. The van der Waals surface area contributed by atoms with Crippen molar-refractivity contribution in [3.8, 4) is 5.75 Å². The van der Waals surface area contributed by atoms with Crippen molar-refractivity contribution in [3.05, 3.63) is 119 Å². The van der Waals surface area contributed by atoms with Crippen LogP contribution in [-0.4, -0.2) is 70.0 Å². The molecule has 0 unspecified atom stereocenters. The maximum absolute atomic E-state index is 13.8. The molecule has 0 saturated carbocycles. The number of aliphatic hydroxyl groups is 1. The van der Waals surface area contributed by atoms with E-state index in [1.807, 2.05) is 43.3 Å². The monoisotopic (exact) mass is 581 g/mol. The molecule has 4 N–H and O–H groups in total. The molecule has 1 saturated heterocycles. The Morgan fingerprint density at radius 2 is 1.65 bits per heavy atom. The molecule has 0 aliphatic carbocycles. The first-order valence-electron chi connectivity index (χ1n) is 14.1. The molecule has 0 bridgehead atoms. The normalized spacial score (nSPS) is 15.1. The van der Waals surface area contributed by atoms with Crippen LogP contribution in [0.4, 0.5) is 0 Å². The van der Waals surface area contributed by atoms with Crippen molar-refractivity contribution in [3.63, 3.8) is 0 Å². The van der Waals surface area contributed by atoms with E-state index in [0.717, 1.165) is 16.7 Å². The van der Waals surface area contributed by atoms with Gasteiger partial charge in [-0.2, -0.15) is 0 Å². The van der Waals surface area contributed by atoms with Crippen LogP contribution in [0.25, 0.3) is 0 Å². The van der Waals surface area contributed by atoms with Gasteiger partial charge in [0.1, 0.15) is 23.4 Å². The van der Waals surface area contributed by atoms with Crippen molar-refractivity contribution in [1.29, 1.82) is 0 Å². The minimum Gasteiger partial charge on any atom is -0.497 e. The van der Waals surface area contributed by atoms with Crippen LogP contribution in [0.5, 0.6) is 5.75 Å². The molecule has 1 aliphatic rings. The summed E-state index contributed by atoms with van der Waals surface area (Å²) in [6.07, 6.45) is 3.48. The van der Waals surface area contributed by atoms with Crippen LogP contribution in [0.1, 0.15) is 32.7 Å². The molecule has 2 heterocycles. The number of aromatic nitrogens is 2. The van der Waals surface area contributed by atoms with E-state index >= 15 is 0 Å². The average molecular weight is 582 g/mol. The SMILES string of the molecule is COc1ccc(C[C@H](NC(=O)[C@H](Cc2c[nH]cn2)NC(=O)c2ccccc2)C(=O)N2CC(O)(c3ccccc3C)C2)cc1. The number of H-pyrrole nitrogens is 1. The number of hydrogen-bond acceptors (Lipinski definition) is 6. The van der Waals surface area contributed by atoms with Crippen LogP contribution < -0.4 is 15.4 Å². The summed E-state index contributed by atoms with van der Waals surface area (Å²) < 4.78 is 5.26. The number of aryl methyl sites for hydroxylation is 1. The van der Waals surface area contributed by atoms with E-state index < -0.39 is 29.5 Å². The summed E-state index contributed by atoms with van der Waals surface area (Å²) >= 11 is 0. The van der Waals surface area contributed by atoms with Gasteiger partial charge in [0, 0.05) is 24.6 Å². The topological polar surface area (TPSA) is 137 Å². The molecule has 1 fully saturated rings. The minimum atomic E-state index is -1.16. The number of imidazole rings is 1. The lowest BCUT2D eigenvalue weighted by Crippen LogP contribution is -2.65. The lowest BCUT2D eigenvalue weighted by atomic mass is 9.83. The smallest absolute Gasteiger partial charge is 0.251 e. The van der Waals surface area contributed by atoms with Crippen LogP contribution in [0.15, 0.2) is 91.4 Å². The van der Waals surface area contributed by atoms with Crippen LogP contribution in [0, 0.1) is 6.92 Å². The van der Waals surface area contributed by atoms with Crippen molar-refractivity contribution < 1.29 is 24.2 Å². The molecule has 3 aromatic carbocycles. The van der Waals surface area contributed by atoms with Gasteiger partial charge in [-0.25, -0.2) is 4.98 Å². The molecule has 1 aliphatic heterocycles. The highest BCUT2D eigenvalue weighted by molar-refractivity contribution is 5.98. The van der Waals surface area contributed by atoms with Crippen molar-refractivity contribution in [1.82, 2.24) is 25.5 Å². The summed E-state index contributed by atoms with van der Waals surface area (Å²) in [7, 11) is 1.57. The van der Waals surface area contributed by atoms with E-state index in [2.05, 4.69) is 20.6 Å². The van der Waals surface area contributed by atoms with Gasteiger partial charge in [-0.05, 0) is 47.9 Å². The number of ether oxygens (including phenoxy) is 1. The van der Waals surface area contributed by atoms with Crippen LogP contribution in [-0.2, 0) is 28.0 Å². The molecule has 5 rings (SSSR count). The Balaban J connectivity index is 1.36. The summed E-state index contributed by atoms with van der Waals surface area (Å²) in [5.41, 5.74) is 2.35. The molecular formula is C33H35N5O5. The quantitative estimate of drug-likeness (QED) is 0.215. The highest BCUT2D eigenvalue weighted by Gasteiger charge is 2.47. The van der Waals surface area contributed by atoms with Crippen LogP contribution in [0.3, 0.4) is 0 Å². The van der Waals surface area contributed by atoms with E-state index in [0.29, 0.717) is 17.0 Å². The third-order valence-corrected chi connectivity index (χ3v) is 7.70. The average Bonchev–Trinajstić information content (AvgIpc) is 3.52. The molecular weight excluding hydrogens is 546 g/mol. The first-order chi connectivity index (χ1) is 20.8. The number of nitrogens with one attached hydrogen (secondary N) is 3. The minimum absolute atomic E-state index is 0.104. The fourth-order valence-electron chi connectivity index (χ4n) is 5.35. The maximum atomic E-state index is 13.8. The molecule has 1 aromatic heterocycles. The predicted molar refractivity (Wildman–Crippen MR) is 160 cm³/mol. The van der Waals surface area contributed by atoms with Gasteiger partial charge in [0.2, 0.25) is 11.8 Å². The summed E-state index contributed by atoms with van der Waals surface area (Å²) in [5, 5.41) is 17.0. The molecule has 0 spiro atoms. The molecule has 4 aromatic rings. The number of carbonyl (C=O) groups excluding carboxylic acids is 3. The van der Waals surface area contributed by atoms with E-state index in [4.69, 9.17) is 4.74 Å². The second kappa shape index (κ2) is 12.9. The van der Waals surface area contributed by atoms with Crippen molar-refractivity contribution in [2.24, 2.45) is 0 Å². The Bertz CT molecular complexity index is 1550. The van der Waals surface area contributed by atoms with Gasteiger partial charge in [0.15, 0.2) is 0 Å². The Morgan fingerprint density at radius 3 is 2.30 bits per heavy atom. The largest absolute Gasteiger partial charge is 0.497 e. The lowest BCUT2D eigenvalue weighted by Gasteiger charge is -2.48. The Morgan fingerprint density at radius 1 is 0.953 bits per heavy atom. The summed E-state index contributed by atoms with van der Waals surface area (Å²) in [6.45, 7) is 2.13. The van der Waals surface area contributed by atoms with Gasteiger partial charge in [-0.1, -0.05) is 54.6 Å². The van der Waals surface area contributed by atoms with E-state index in [-0.39, 0.29) is 31.8 Å². The Kier molecular flexibility index (Phi) is 8.87. The number of methoxy groups -OCH3 is 1. The number of nitrogens with zero attached hydrogens (tertiary/aromatic N) is 2. The highest BCUT2D eigenvalue weighted by atomic mass is 16.5. The van der Waals surface area contributed by atoms with Gasteiger partial charge in [0.05, 0.1) is 32.2 Å². The summed E-state index contributed by atoms with van der Waals surface area (Å²) in [4.78, 5) is 49.3. The molecule has 222 valence electrons. The zero-order valence-corrected chi connectivity index (χ0v) is 24.1. The zero-order chi connectivity index (χ0) is 30.4. The molecule has 0 radical (unpaired) electrons. The second-order valence-corrected chi connectivity index (χ2v) is 10.8. The molecule has 2 atom stereocenters. The van der Waals surface area contributed by atoms with Gasteiger partial charge in [-0.3, -0.25) is 14.4 Å². The second-order valence-electron chi connectivity index (χ2n) is 10.8. The first kappa shape index (κ1) is 29.5. The van der Waals surface area contributed by atoms with E-state index in [1.54, 1.807) is 60.7 Å². The Labute approximate surface area is 250 Å². The number of carbonyl (C=O) groups is 3. The molecule has 3 amide bonds. The van der Waals surface area contributed by atoms with Crippen LogP contribution in [0.2, 0.25) is 0 Å². The number of rotatable bonds is 11. The number of amides is 3.